The van der Waals surface area contributed by atoms with Gasteiger partial charge in [-0.15, -0.1) is 0 Å². The molecule has 0 saturated heterocycles. The molecule has 0 amide bonds. The number of aryl methyl sites for hydroxylation is 1. The highest BCUT2D eigenvalue weighted by atomic mass is 19.3. The Kier molecular flexibility index (Phi) is 2.60. The number of benzene rings is 1. The zero-order chi connectivity index (χ0) is 11.7. The van der Waals surface area contributed by atoms with Crippen LogP contribution in [-0.2, 0) is 0 Å². The van der Waals surface area contributed by atoms with Gasteiger partial charge in [-0.25, -0.2) is 4.98 Å². The van der Waals surface area contributed by atoms with Crippen molar-refractivity contribution >= 4 is 5.69 Å². The molecule has 0 unspecified atom stereocenters. The first-order valence-electron chi connectivity index (χ1n) is 4.69. The lowest BCUT2D eigenvalue weighted by molar-refractivity contribution is 0.114. The fourth-order valence-electron chi connectivity index (χ4n) is 1.42. The summed E-state index contributed by atoms with van der Waals surface area (Å²) in [5.74, 6) is -0.176. The van der Waals surface area contributed by atoms with E-state index in [0.29, 0.717) is 22.7 Å². The molecule has 0 spiro atoms. The lowest BCUT2D eigenvalue weighted by Gasteiger charge is -1.97. The summed E-state index contributed by atoms with van der Waals surface area (Å²) in [5, 5.41) is 0. The van der Waals surface area contributed by atoms with Crippen LogP contribution in [0.2, 0.25) is 0 Å². The first-order valence-corrected chi connectivity index (χ1v) is 4.69. The van der Waals surface area contributed by atoms with Gasteiger partial charge in [-0.1, -0.05) is 12.1 Å². The third-order valence-electron chi connectivity index (χ3n) is 2.18. The summed E-state index contributed by atoms with van der Waals surface area (Å²) in [7, 11) is 0. The summed E-state index contributed by atoms with van der Waals surface area (Å²) in [5.41, 5.74) is 7.28. The van der Waals surface area contributed by atoms with Gasteiger partial charge in [0.25, 0.3) is 5.89 Å². The van der Waals surface area contributed by atoms with Crippen molar-refractivity contribution in [2.45, 2.75) is 13.3 Å². The van der Waals surface area contributed by atoms with Gasteiger partial charge in [-0.3, -0.25) is 0 Å². The molecule has 0 bridgehead atoms. The largest absolute Gasteiger partial charge is 0.440 e. The van der Waals surface area contributed by atoms with E-state index in [2.05, 4.69) is 4.98 Å². The second-order valence-electron chi connectivity index (χ2n) is 3.38. The van der Waals surface area contributed by atoms with Crippen molar-refractivity contribution in [3.63, 3.8) is 0 Å². The summed E-state index contributed by atoms with van der Waals surface area (Å²) in [6, 6.07) is 6.81. The van der Waals surface area contributed by atoms with Crippen LogP contribution in [0.15, 0.2) is 28.7 Å². The van der Waals surface area contributed by atoms with Gasteiger partial charge >= 0.3 is 6.43 Å². The standard InChI is InChI=1S/C11H10F2N2O/c1-6-9(15-11(16-6)10(12)13)7-2-4-8(14)5-3-7/h2-5,10H,14H2,1H3. The number of aromatic nitrogens is 1. The molecule has 2 rings (SSSR count). The molecule has 16 heavy (non-hydrogen) atoms. The van der Waals surface area contributed by atoms with Crippen LogP contribution in [0, 0.1) is 6.92 Å². The first-order chi connectivity index (χ1) is 7.58. The van der Waals surface area contributed by atoms with E-state index in [1.807, 2.05) is 0 Å². The maximum Gasteiger partial charge on any atom is 0.313 e. The SMILES string of the molecule is Cc1oc(C(F)F)nc1-c1ccc(N)cc1. The fraction of sp³-hybridized carbons (Fsp3) is 0.182. The zero-order valence-electron chi connectivity index (χ0n) is 8.58. The minimum Gasteiger partial charge on any atom is -0.440 e. The van der Waals surface area contributed by atoms with Gasteiger partial charge in [-0.2, -0.15) is 8.78 Å². The summed E-state index contributed by atoms with van der Waals surface area (Å²) >= 11 is 0. The lowest BCUT2D eigenvalue weighted by Crippen LogP contribution is -1.86. The van der Waals surface area contributed by atoms with Crippen LogP contribution < -0.4 is 5.73 Å². The Morgan fingerprint density at radius 3 is 2.38 bits per heavy atom. The lowest BCUT2D eigenvalue weighted by atomic mass is 10.1. The Morgan fingerprint density at radius 1 is 1.25 bits per heavy atom. The van der Waals surface area contributed by atoms with E-state index in [0.717, 1.165) is 0 Å². The van der Waals surface area contributed by atoms with E-state index in [1.54, 1.807) is 31.2 Å². The fourth-order valence-corrected chi connectivity index (χ4v) is 1.42. The van der Waals surface area contributed by atoms with Gasteiger partial charge in [0.2, 0.25) is 0 Å². The molecule has 2 aromatic rings. The van der Waals surface area contributed by atoms with E-state index in [9.17, 15) is 8.78 Å². The molecule has 0 aliphatic heterocycles. The molecule has 1 aromatic heterocycles. The summed E-state index contributed by atoms with van der Waals surface area (Å²) in [6.45, 7) is 1.60. The maximum absolute atomic E-state index is 12.4. The molecule has 1 aromatic carbocycles. The van der Waals surface area contributed by atoms with Crippen LogP contribution in [0.5, 0.6) is 0 Å². The van der Waals surface area contributed by atoms with Gasteiger partial charge < -0.3 is 10.2 Å². The number of hydrogen-bond acceptors (Lipinski definition) is 3. The smallest absolute Gasteiger partial charge is 0.313 e. The number of halogens is 2. The quantitative estimate of drug-likeness (QED) is 0.797. The minimum atomic E-state index is -2.69. The number of rotatable bonds is 2. The summed E-state index contributed by atoms with van der Waals surface area (Å²) in [4.78, 5) is 3.75. The molecular formula is C11H10F2N2O. The number of oxazole rings is 1. The van der Waals surface area contributed by atoms with Crippen LogP contribution in [0.1, 0.15) is 18.1 Å². The zero-order valence-corrected chi connectivity index (χ0v) is 8.58. The molecule has 0 saturated carbocycles. The maximum atomic E-state index is 12.4. The molecule has 2 N–H and O–H groups in total. The van der Waals surface area contributed by atoms with E-state index < -0.39 is 12.3 Å². The minimum absolute atomic E-state index is 0.375. The van der Waals surface area contributed by atoms with Crippen LogP contribution in [0.3, 0.4) is 0 Å². The predicted octanol–water partition coefficient (Wildman–Crippen LogP) is 3.17. The molecule has 5 heteroatoms. The number of alkyl halides is 2. The van der Waals surface area contributed by atoms with E-state index in [1.165, 1.54) is 0 Å². The third kappa shape index (κ3) is 1.88. The average Bonchev–Trinajstić information content (AvgIpc) is 2.62. The van der Waals surface area contributed by atoms with E-state index in [4.69, 9.17) is 10.2 Å². The Hall–Kier alpha value is -1.91. The number of hydrogen-bond donors (Lipinski definition) is 1. The highest BCUT2D eigenvalue weighted by molar-refractivity contribution is 5.63. The van der Waals surface area contributed by atoms with Crippen molar-refractivity contribution < 1.29 is 13.2 Å². The molecule has 0 aliphatic rings. The van der Waals surface area contributed by atoms with E-state index >= 15 is 0 Å². The highest BCUT2D eigenvalue weighted by Crippen LogP contribution is 2.28. The number of anilines is 1. The van der Waals surface area contributed by atoms with Crippen molar-refractivity contribution in [2.24, 2.45) is 0 Å². The van der Waals surface area contributed by atoms with Crippen LogP contribution >= 0.6 is 0 Å². The normalized spacial score (nSPS) is 11.0. The molecule has 84 valence electrons. The average molecular weight is 224 g/mol. The van der Waals surface area contributed by atoms with Crippen molar-refractivity contribution in [1.82, 2.24) is 4.98 Å². The Balaban J connectivity index is 2.44. The van der Waals surface area contributed by atoms with Crippen LogP contribution in [0.25, 0.3) is 11.3 Å². The van der Waals surface area contributed by atoms with Crippen molar-refractivity contribution in [2.75, 3.05) is 5.73 Å². The Morgan fingerprint density at radius 2 is 1.88 bits per heavy atom. The predicted molar refractivity (Wildman–Crippen MR) is 56.0 cm³/mol. The molecular weight excluding hydrogens is 214 g/mol. The Labute approximate surface area is 90.9 Å². The van der Waals surface area contributed by atoms with Crippen LogP contribution in [-0.4, -0.2) is 4.98 Å². The molecule has 0 atom stereocenters. The molecule has 1 heterocycles. The second-order valence-corrected chi connectivity index (χ2v) is 3.38. The molecule has 3 nitrogen and oxygen atoms in total. The monoisotopic (exact) mass is 224 g/mol. The van der Waals surface area contributed by atoms with Crippen molar-refractivity contribution in [3.8, 4) is 11.3 Å². The van der Waals surface area contributed by atoms with E-state index in [-0.39, 0.29) is 0 Å². The highest BCUT2D eigenvalue weighted by Gasteiger charge is 2.18. The van der Waals surface area contributed by atoms with Gasteiger partial charge in [-0.05, 0) is 19.1 Å². The van der Waals surface area contributed by atoms with Crippen LogP contribution in [0.4, 0.5) is 14.5 Å². The van der Waals surface area contributed by atoms with Gasteiger partial charge in [0.15, 0.2) is 0 Å². The summed E-state index contributed by atoms with van der Waals surface area (Å²) < 4.78 is 29.6. The third-order valence-corrected chi connectivity index (χ3v) is 2.18. The van der Waals surface area contributed by atoms with Gasteiger partial charge in [0, 0.05) is 11.3 Å². The molecule has 0 radical (unpaired) electrons. The van der Waals surface area contributed by atoms with Crippen molar-refractivity contribution in [1.29, 1.82) is 0 Å². The number of nitrogens with zero attached hydrogens (tertiary/aromatic N) is 1. The molecule has 0 aliphatic carbocycles. The number of nitrogen functional groups attached to an aromatic ring is 1. The topological polar surface area (TPSA) is 52.0 Å². The van der Waals surface area contributed by atoms with Gasteiger partial charge in [0.1, 0.15) is 11.5 Å². The second kappa shape index (κ2) is 3.92. The molecule has 0 fully saturated rings. The first kappa shape index (κ1) is 10.6. The van der Waals surface area contributed by atoms with Crippen molar-refractivity contribution in [3.05, 3.63) is 35.9 Å². The summed E-state index contributed by atoms with van der Waals surface area (Å²) in [6.07, 6.45) is -2.69. The number of nitrogens with two attached hydrogens (primary N) is 1. The van der Waals surface area contributed by atoms with Gasteiger partial charge in [0.05, 0.1) is 0 Å². The Bertz CT molecular complexity index is 491.